The second kappa shape index (κ2) is 4.71. The lowest BCUT2D eigenvalue weighted by molar-refractivity contribution is 0.301. The quantitative estimate of drug-likeness (QED) is 0.807. The minimum atomic E-state index is -0.780. The Bertz CT molecular complexity index is 334. The van der Waals surface area contributed by atoms with Crippen molar-refractivity contribution in [2.45, 2.75) is 25.8 Å². The highest BCUT2D eigenvalue weighted by Crippen LogP contribution is 2.25. The van der Waals surface area contributed by atoms with Crippen molar-refractivity contribution in [3.63, 3.8) is 0 Å². The maximum Gasteiger partial charge on any atom is 0.159 e. The first-order valence-electron chi connectivity index (χ1n) is 5.40. The Morgan fingerprint density at radius 2 is 2.00 bits per heavy atom. The predicted octanol–water partition coefficient (Wildman–Crippen LogP) is 2.85. The molecular formula is C12H15F2N. The van der Waals surface area contributed by atoms with Crippen molar-refractivity contribution < 1.29 is 8.78 Å². The van der Waals surface area contributed by atoms with Gasteiger partial charge >= 0.3 is 0 Å². The summed E-state index contributed by atoms with van der Waals surface area (Å²) in [5.41, 5.74) is 0.799. The first-order valence-corrected chi connectivity index (χ1v) is 5.40. The summed E-state index contributed by atoms with van der Waals surface area (Å²) in [4.78, 5) is 0. The average molecular weight is 211 g/mol. The van der Waals surface area contributed by atoms with Crippen molar-refractivity contribution >= 4 is 0 Å². The van der Waals surface area contributed by atoms with Gasteiger partial charge in [0.2, 0.25) is 0 Å². The minimum Gasteiger partial charge on any atom is -0.312 e. The molecule has 1 aromatic rings. The van der Waals surface area contributed by atoms with Gasteiger partial charge in [-0.3, -0.25) is 0 Å². The average Bonchev–Trinajstić information content (AvgIpc) is 2.15. The molecule has 1 saturated carbocycles. The lowest BCUT2D eigenvalue weighted by atomic mass is 9.85. The Kier molecular flexibility index (Phi) is 3.31. The maximum atomic E-state index is 12.8. The lowest BCUT2D eigenvalue weighted by Gasteiger charge is -2.25. The number of halogens is 2. The van der Waals surface area contributed by atoms with Gasteiger partial charge in [-0.15, -0.1) is 0 Å². The maximum absolute atomic E-state index is 12.8. The van der Waals surface area contributed by atoms with E-state index in [0.717, 1.165) is 18.0 Å². The number of nitrogens with one attached hydrogen (secondary N) is 1. The number of hydrogen-bond donors (Lipinski definition) is 1. The summed E-state index contributed by atoms with van der Waals surface area (Å²) in [6.45, 7) is 1.60. The summed E-state index contributed by atoms with van der Waals surface area (Å²) in [5, 5.41) is 3.26. The molecule has 0 amide bonds. The molecule has 0 radical (unpaired) electrons. The lowest BCUT2D eigenvalue weighted by Crippen LogP contribution is -2.26. The predicted molar refractivity (Wildman–Crippen MR) is 55.4 cm³/mol. The van der Waals surface area contributed by atoms with E-state index in [-0.39, 0.29) is 0 Å². The van der Waals surface area contributed by atoms with E-state index in [9.17, 15) is 8.78 Å². The minimum absolute atomic E-state index is 0.619. The number of benzene rings is 1. The fraction of sp³-hybridized carbons (Fsp3) is 0.500. The SMILES string of the molecule is Fc1ccc(CNCC2CCC2)cc1F. The van der Waals surface area contributed by atoms with Crippen molar-refractivity contribution in [2.75, 3.05) is 6.54 Å². The summed E-state index contributed by atoms with van der Waals surface area (Å²) in [6.07, 6.45) is 3.92. The normalized spacial score (nSPS) is 16.4. The van der Waals surface area contributed by atoms with Crippen LogP contribution in [0.4, 0.5) is 8.78 Å². The van der Waals surface area contributed by atoms with Crippen LogP contribution in [0.2, 0.25) is 0 Å². The van der Waals surface area contributed by atoms with E-state index in [4.69, 9.17) is 0 Å². The van der Waals surface area contributed by atoms with Gasteiger partial charge in [-0.1, -0.05) is 12.5 Å². The molecule has 0 aliphatic heterocycles. The molecule has 0 bridgehead atoms. The van der Waals surface area contributed by atoms with Crippen molar-refractivity contribution in [1.29, 1.82) is 0 Å². The molecule has 1 aliphatic carbocycles. The second-order valence-corrected chi connectivity index (χ2v) is 4.18. The van der Waals surface area contributed by atoms with E-state index in [0.29, 0.717) is 6.54 Å². The molecule has 1 nitrogen and oxygen atoms in total. The van der Waals surface area contributed by atoms with Gasteiger partial charge in [0.15, 0.2) is 11.6 Å². The van der Waals surface area contributed by atoms with E-state index in [1.807, 2.05) is 0 Å². The van der Waals surface area contributed by atoms with Gasteiger partial charge in [0.25, 0.3) is 0 Å². The van der Waals surface area contributed by atoms with E-state index in [1.54, 1.807) is 6.07 Å². The summed E-state index contributed by atoms with van der Waals surface area (Å²) in [7, 11) is 0. The molecule has 0 spiro atoms. The van der Waals surface area contributed by atoms with Crippen LogP contribution in [0.3, 0.4) is 0 Å². The summed E-state index contributed by atoms with van der Waals surface area (Å²) in [5.74, 6) is -0.758. The molecule has 0 unspecified atom stereocenters. The highest BCUT2D eigenvalue weighted by Gasteiger charge is 2.16. The smallest absolute Gasteiger partial charge is 0.159 e. The van der Waals surface area contributed by atoms with E-state index >= 15 is 0 Å². The third kappa shape index (κ3) is 2.75. The van der Waals surface area contributed by atoms with Crippen LogP contribution in [0, 0.1) is 17.6 Å². The Morgan fingerprint density at radius 1 is 1.20 bits per heavy atom. The summed E-state index contributed by atoms with van der Waals surface area (Å²) >= 11 is 0. The van der Waals surface area contributed by atoms with E-state index in [2.05, 4.69) is 5.32 Å². The first-order chi connectivity index (χ1) is 7.25. The monoisotopic (exact) mass is 211 g/mol. The molecule has 15 heavy (non-hydrogen) atoms. The first kappa shape index (κ1) is 10.6. The van der Waals surface area contributed by atoms with Gasteiger partial charge in [0, 0.05) is 6.54 Å². The van der Waals surface area contributed by atoms with Crippen LogP contribution in [0.15, 0.2) is 18.2 Å². The van der Waals surface area contributed by atoms with E-state index < -0.39 is 11.6 Å². The van der Waals surface area contributed by atoms with Crippen LogP contribution in [-0.2, 0) is 6.54 Å². The van der Waals surface area contributed by atoms with E-state index in [1.165, 1.54) is 31.4 Å². The van der Waals surface area contributed by atoms with Gasteiger partial charge in [-0.25, -0.2) is 8.78 Å². The molecule has 82 valence electrons. The molecule has 0 saturated heterocycles. The van der Waals surface area contributed by atoms with Gasteiger partial charge in [0.1, 0.15) is 0 Å². The topological polar surface area (TPSA) is 12.0 Å². The number of hydrogen-bond acceptors (Lipinski definition) is 1. The third-order valence-corrected chi connectivity index (χ3v) is 2.97. The molecule has 1 N–H and O–H groups in total. The van der Waals surface area contributed by atoms with Crippen LogP contribution in [0.25, 0.3) is 0 Å². The molecule has 1 aromatic carbocycles. The molecule has 0 aromatic heterocycles. The fourth-order valence-corrected chi connectivity index (χ4v) is 1.77. The van der Waals surface area contributed by atoms with Crippen molar-refractivity contribution in [3.05, 3.63) is 35.4 Å². The zero-order chi connectivity index (χ0) is 10.7. The van der Waals surface area contributed by atoms with Gasteiger partial charge < -0.3 is 5.32 Å². The number of rotatable bonds is 4. The van der Waals surface area contributed by atoms with Crippen LogP contribution in [0.5, 0.6) is 0 Å². The van der Waals surface area contributed by atoms with Gasteiger partial charge in [-0.05, 0) is 43.0 Å². The van der Waals surface area contributed by atoms with Gasteiger partial charge in [0.05, 0.1) is 0 Å². The fourth-order valence-electron chi connectivity index (χ4n) is 1.77. The third-order valence-electron chi connectivity index (χ3n) is 2.97. The summed E-state index contributed by atoms with van der Waals surface area (Å²) in [6, 6.07) is 4.05. The molecule has 2 rings (SSSR count). The highest BCUT2D eigenvalue weighted by molar-refractivity contribution is 5.17. The molecule has 3 heteroatoms. The molecule has 1 fully saturated rings. The Morgan fingerprint density at radius 3 is 2.60 bits per heavy atom. The largest absolute Gasteiger partial charge is 0.312 e. The van der Waals surface area contributed by atoms with Crippen LogP contribution in [-0.4, -0.2) is 6.54 Å². The molecule has 0 atom stereocenters. The Labute approximate surface area is 88.5 Å². The van der Waals surface area contributed by atoms with Crippen LogP contribution < -0.4 is 5.32 Å². The molecule has 1 aliphatic rings. The van der Waals surface area contributed by atoms with Crippen molar-refractivity contribution in [3.8, 4) is 0 Å². The van der Waals surface area contributed by atoms with Crippen LogP contribution in [0.1, 0.15) is 24.8 Å². The molecular weight excluding hydrogens is 196 g/mol. The van der Waals surface area contributed by atoms with Crippen molar-refractivity contribution in [1.82, 2.24) is 5.32 Å². The zero-order valence-electron chi connectivity index (χ0n) is 8.60. The van der Waals surface area contributed by atoms with Crippen LogP contribution >= 0.6 is 0 Å². The summed E-state index contributed by atoms with van der Waals surface area (Å²) < 4.78 is 25.5. The molecule has 0 heterocycles. The highest BCUT2D eigenvalue weighted by atomic mass is 19.2. The standard InChI is InChI=1S/C12H15F2N/c13-11-5-4-10(6-12(11)14)8-15-7-9-2-1-3-9/h4-6,9,15H,1-3,7-8H2. The Balaban J connectivity index is 1.79. The zero-order valence-corrected chi connectivity index (χ0v) is 8.60. The Hall–Kier alpha value is -0.960. The van der Waals surface area contributed by atoms with Gasteiger partial charge in [-0.2, -0.15) is 0 Å². The second-order valence-electron chi connectivity index (χ2n) is 4.18. The van der Waals surface area contributed by atoms with Crippen molar-refractivity contribution in [2.24, 2.45) is 5.92 Å².